The third kappa shape index (κ3) is 27.7. The first-order valence-electron chi connectivity index (χ1n) is 44.2. The lowest BCUT2D eigenvalue weighted by atomic mass is 10.00. The standard InChI is InChI=1S/C89H121N21O22/c1-8-10-21-68-82(125)97-48(3)76(119)99-60(78(121)96-44-73(91)115)31-33-93-45-74(116)98-64(35-50-24-26-54(112)27-25-50)85(128)106(5)49(4)77(120)103-66(40-75(117)118)88(131)109-34-16-23-69(109)83(126)101-62(36-51-30-32-92-41-51)79(122)100-61(28-29-72(90)114)87(130)110-46-55(113)39-71(110)84(127)102-63(37-52-42-94-58-19-14-12-17-56(52)58)80(123)105-67(47-111)81(124)104-65(38-53-43-95-59-20-15-13-18-57(53)59)86(129)108(7)70(22-11-9-2)89(132)107(68)6/h12-15,17-20,24-27,32,41-43,48-49,55,60-71,93-95,111-113H,8-11,16,21-23,28-31,33-40,44-47H2,1-7H3,(H2,90,114)(H2,91,115)(H,96,121)(H,97,125)(H,98,116)(H,99,119)(H,100,122)(H,101,126)(H,102,127)(H,103,120)(H,104,124)(H,105,123)(H,117,118)/t48-,49-,55+,60-,61-,62-,63-,64-,65-,66-,67-,68-,69-,70-,71-/m0/s1. The van der Waals surface area contributed by atoms with Gasteiger partial charge in [-0.05, 0) is 112 Å². The van der Waals surface area contributed by atoms with E-state index in [2.05, 4.69) is 73.4 Å². The molecule has 3 aromatic carbocycles. The Morgan fingerprint density at radius 1 is 0.538 bits per heavy atom. The number of aliphatic hydroxyl groups excluding tert-OH is 2. The van der Waals surface area contributed by atoms with E-state index in [-0.39, 0.29) is 83.0 Å². The molecule has 132 heavy (non-hydrogen) atoms. The lowest BCUT2D eigenvalue weighted by molar-refractivity contribution is -0.149. The highest BCUT2D eigenvalue weighted by Crippen LogP contribution is 2.28. The number of phenols is 1. The highest BCUT2D eigenvalue weighted by atomic mass is 16.4. The van der Waals surface area contributed by atoms with Gasteiger partial charge in [-0.25, -0.2) is 0 Å². The summed E-state index contributed by atoms with van der Waals surface area (Å²) in [5, 5.41) is 72.8. The van der Waals surface area contributed by atoms with Crippen molar-refractivity contribution in [3.63, 3.8) is 0 Å². The van der Waals surface area contributed by atoms with Crippen molar-refractivity contribution in [3.8, 4) is 5.75 Å². The Labute approximate surface area is 761 Å². The molecule has 0 unspecified atom stereocenters. The number of fused-ring (bicyclic) bond motifs is 4. The minimum Gasteiger partial charge on any atom is -0.508 e. The Balaban J connectivity index is 1.07. The molecule has 43 heteroatoms. The molecular formula is C89H121N21O22. The minimum atomic E-state index is -1.91. The van der Waals surface area contributed by atoms with Gasteiger partial charge in [0.1, 0.15) is 90.3 Å². The number of aliphatic imine (C=N–C) groups is 1. The molecule has 2 aromatic heterocycles. The van der Waals surface area contributed by atoms with Crippen LogP contribution in [0, 0.1) is 0 Å². The summed E-state index contributed by atoms with van der Waals surface area (Å²) in [4.78, 5) is 275. The number of carboxylic acids is 1. The second kappa shape index (κ2) is 48.3. The van der Waals surface area contributed by atoms with Gasteiger partial charge >= 0.3 is 5.97 Å². The normalized spacial score (nSPS) is 25.6. The number of aromatic nitrogens is 2. The van der Waals surface area contributed by atoms with E-state index in [1.165, 1.54) is 71.7 Å². The van der Waals surface area contributed by atoms with Crippen LogP contribution in [-0.4, -0.2) is 319 Å². The van der Waals surface area contributed by atoms with Crippen molar-refractivity contribution in [2.75, 3.05) is 60.5 Å². The average molecular weight is 1840 g/mol. The molecule has 3 saturated heterocycles. The molecule has 4 aliphatic heterocycles. The number of hydrogen-bond acceptors (Lipinski definition) is 23. The topological polar surface area (TPSA) is 633 Å². The number of benzene rings is 3. The van der Waals surface area contributed by atoms with Crippen LogP contribution in [0.1, 0.15) is 141 Å². The number of carbonyl (C=O) groups excluding carboxylic acids is 17. The Bertz CT molecular complexity index is 5110. The van der Waals surface area contributed by atoms with Crippen LogP contribution >= 0.6 is 0 Å². The smallest absolute Gasteiger partial charge is 0.305 e. The van der Waals surface area contributed by atoms with E-state index < -0.39 is 249 Å². The van der Waals surface area contributed by atoms with Crippen molar-refractivity contribution in [2.45, 2.75) is 234 Å². The number of nitrogens with one attached hydrogen (secondary N) is 13. The molecule has 0 radical (unpaired) electrons. The number of aromatic amines is 2. The second-order valence-electron chi connectivity index (χ2n) is 33.7. The van der Waals surface area contributed by atoms with Crippen LogP contribution < -0.4 is 70.0 Å². The number of phenolic OH excluding ortho intramolecular Hbond substituents is 1. The first-order chi connectivity index (χ1) is 62.9. The minimum absolute atomic E-state index is 0.00742. The summed E-state index contributed by atoms with van der Waals surface area (Å²) in [5.41, 5.74) is 14.1. The Kier molecular flexibility index (Phi) is 37.3. The number of carboxylic acid groups (broad SMARTS) is 1. The van der Waals surface area contributed by atoms with Gasteiger partial charge in [-0.15, -0.1) is 0 Å². The van der Waals surface area contributed by atoms with Crippen LogP contribution in [0.4, 0.5) is 0 Å². The molecule has 5 aromatic rings. The highest BCUT2D eigenvalue weighted by Gasteiger charge is 2.47. The van der Waals surface area contributed by atoms with Gasteiger partial charge in [-0.2, -0.15) is 0 Å². The Morgan fingerprint density at radius 3 is 1.68 bits per heavy atom. The fourth-order valence-electron chi connectivity index (χ4n) is 16.4. The fraction of sp³-hybridized carbons (Fsp3) is 0.517. The maximum Gasteiger partial charge on any atom is 0.305 e. The van der Waals surface area contributed by atoms with E-state index in [1.54, 1.807) is 60.9 Å². The van der Waals surface area contributed by atoms with Gasteiger partial charge in [0.25, 0.3) is 0 Å². The van der Waals surface area contributed by atoms with E-state index in [1.807, 2.05) is 13.8 Å². The summed E-state index contributed by atoms with van der Waals surface area (Å²) in [7, 11) is 3.88. The molecule has 0 bridgehead atoms. The molecular weight excluding hydrogens is 1720 g/mol. The molecule has 15 atom stereocenters. The number of aliphatic carboxylic acids is 1. The molecule has 0 aliphatic carbocycles. The zero-order valence-corrected chi connectivity index (χ0v) is 74.8. The average Bonchev–Trinajstić information content (AvgIpc) is 1.73. The highest BCUT2D eigenvalue weighted by molar-refractivity contribution is 6.02. The SMILES string of the molecule is CCCC[C@H]1C(=O)N(C)[C@@H](CCCC)C(=O)N[C@@H](C)C(=O)N[C@H](C(=O)NCC(N)=O)CCNCC(=O)N[C@@H](Cc2ccc(O)cc2)C(=O)N(C)[C@@H](C)C(=O)N[C@@H](CC(=O)O)C(=O)N2CCC[C@H]2C(=O)N[C@@H](CC2=CN=CC2)C(=O)N[C@@H](CCC(N)=O)C(=O)N2C[C@H](O)C[C@H]2C(=O)N[C@@H](Cc2c[nH]c3ccccc23)C(=O)N[C@@H](CO)C(=O)N[C@@H](Cc2c[nH]c3ccccc23)C(=O)N1C. The van der Waals surface area contributed by atoms with Crippen molar-refractivity contribution in [1.82, 2.24) is 93.0 Å². The number of primary amides is 2. The van der Waals surface area contributed by atoms with Gasteiger partial charge in [0.2, 0.25) is 100 Å². The van der Waals surface area contributed by atoms with Crippen molar-refractivity contribution in [3.05, 3.63) is 114 Å². The quantitative estimate of drug-likeness (QED) is 0.0304. The molecule has 9 rings (SSSR count). The summed E-state index contributed by atoms with van der Waals surface area (Å²) in [6.07, 6.45) is 2.57. The van der Waals surface area contributed by atoms with Gasteiger partial charge < -0.3 is 125 Å². The molecule has 6 heterocycles. The Morgan fingerprint density at radius 2 is 1.08 bits per heavy atom. The van der Waals surface area contributed by atoms with E-state index in [0.717, 1.165) is 24.5 Å². The number of carbonyl (C=O) groups is 18. The summed E-state index contributed by atoms with van der Waals surface area (Å²) in [6.45, 7) is 2.85. The largest absolute Gasteiger partial charge is 0.508 e. The van der Waals surface area contributed by atoms with Crippen LogP contribution in [0.25, 0.3) is 21.8 Å². The van der Waals surface area contributed by atoms with Crippen LogP contribution in [-0.2, 0) is 106 Å². The number of nitrogens with zero attached hydrogens (tertiary/aromatic N) is 6. The number of rotatable bonds is 23. The van der Waals surface area contributed by atoms with Crippen molar-refractivity contribution < 1.29 is 107 Å². The number of nitrogens with two attached hydrogens (primary N) is 2. The molecule has 0 saturated carbocycles. The van der Waals surface area contributed by atoms with Crippen LogP contribution in [0.2, 0.25) is 0 Å². The molecule has 21 N–H and O–H groups in total. The lowest BCUT2D eigenvalue weighted by Crippen LogP contribution is -2.61. The zero-order chi connectivity index (χ0) is 96.3. The lowest BCUT2D eigenvalue weighted by Gasteiger charge is -2.36. The van der Waals surface area contributed by atoms with Gasteiger partial charge in [-0.3, -0.25) is 91.3 Å². The van der Waals surface area contributed by atoms with Gasteiger partial charge in [0.15, 0.2) is 0 Å². The number of likely N-dealkylation sites (N-methyl/N-ethyl adjacent to an activating group) is 3. The number of H-pyrrole nitrogens is 2. The summed E-state index contributed by atoms with van der Waals surface area (Å²) in [6, 6.07) is -2.77. The summed E-state index contributed by atoms with van der Waals surface area (Å²) < 4.78 is 0. The molecule has 43 nitrogen and oxygen atoms in total. The van der Waals surface area contributed by atoms with Gasteiger partial charge in [-0.1, -0.05) is 88.1 Å². The van der Waals surface area contributed by atoms with Crippen LogP contribution in [0.5, 0.6) is 5.75 Å². The van der Waals surface area contributed by atoms with Crippen LogP contribution in [0.15, 0.2) is 102 Å². The van der Waals surface area contributed by atoms with E-state index >= 15 is 33.6 Å². The summed E-state index contributed by atoms with van der Waals surface area (Å²) in [5.74, 6) is -18.1. The molecule has 3 fully saturated rings. The number of unbranched alkanes of at least 4 members (excludes halogenated alkanes) is 2. The number of para-hydroxylation sites is 2. The maximum absolute atomic E-state index is 15.6. The predicted octanol–water partition coefficient (Wildman–Crippen LogP) is -3.32. The Hall–Kier alpha value is -13.7. The molecule has 4 aliphatic rings. The predicted molar refractivity (Wildman–Crippen MR) is 477 cm³/mol. The third-order valence-corrected chi connectivity index (χ3v) is 24.0. The van der Waals surface area contributed by atoms with Crippen molar-refractivity contribution >= 4 is 134 Å². The first kappa shape index (κ1) is 102. The zero-order valence-electron chi connectivity index (χ0n) is 74.8. The molecule has 0 spiro atoms. The van der Waals surface area contributed by atoms with E-state index in [4.69, 9.17) is 11.5 Å². The summed E-state index contributed by atoms with van der Waals surface area (Å²) >= 11 is 0. The molecule has 714 valence electrons. The molecule has 17 amide bonds. The van der Waals surface area contributed by atoms with Gasteiger partial charge in [0, 0.05) is 119 Å². The van der Waals surface area contributed by atoms with E-state index in [0.29, 0.717) is 69.8 Å². The maximum atomic E-state index is 15.6. The van der Waals surface area contributed by atoms with Crippen LogP contribution in [0.3, 0.4) is 0 Å². The van der Waals surface area contributed by atoms with Crippen molar-refractivity contribution in [2.24, 2.45) is 16.5 Å². The fourth-order valence-corrected chi connectivity index (χ4v) is 16.4. The number of amides is 17. The van der Waals surface area contributed by atoms with E-state index in [9.17, 15) is 73.2 Å². The second-order valence-corrected chi connectivity index (χ2v) is 33.7. The monoisotopic (exact) mass is 1840 g/mol. The number of hydrogen-bond donors (Lipinski definition) is 19. The first-order valence-corrected chi connectivity index (χ1v) is 44.2. The third-order valence-electron chi connectivity index (χ3n) is 24.0. The van der Waals surface area contributed by atoms with Crippen molar-refractivity contribution in [1.29, 1.82) is 0 Å². The van der Waals surface area contributed by atoms with Gasteiger partial charge in [0.05, 0.1) is 32.2 Å². The number of aliphatic hydroxyl groups is 2. The number of aromatic hydroxyl groups is 1.